The van der Waals surface area contributed by atoms with Gasteiger partial charge in [0.1, 0.15) is 5.76 Å². The molecule has 0 radical (unpaired) electrons. The number of carbonyl (C=O) groups excluding carboxylic acids is 1. The summed E-state index contributed by atoms with van der Waals surface area (Å²) in [6.07, 6.45) is 0. The standard InChI is InChI=1S/C14H15BrN2O2/c1-9(11-4-2-3-5-12(11)15)17-14(18)13-7-6-10(8-16)19-13/h2-7,9H,8,16H2,1H3,(H,17,18)/t9-/m1/s1. The Bertz CT molecular complexity index is 580. The summed E-state index contributed by atoms with van der Waals surface area (Å²) >= 11 is 3.47. The lowest BCUT2D eigenvalue weighted by molar-refractivity contribution is 0.0910. The minimum atomic E-state index is -0.247. The summed E-state index contributed by atoms with van der Waals surface area (Å²) in [4.78, 5) is 12.0. The second-order valence-corrected chi connectivity index (χ2v) is 5.04. The summed E-state index contributed by atoms with van der Waals surface area (Å²) in [6, 6.07) is 11.0. The van der Waals surface area contributed by atoms with Crippen LogP contribution in [0.3, 0.4) is 0 Å². The monoisotopic (exact) mass is 322 g/mol. The quantitative estimate of drug-likeness (QED) is 0.909. The molecule has 0 aliphatic carbocycles. The van der Waals surface area contributed by atoms with Crippen LogP contribution in [0.1, 0.15) is 34.8 Å². The van der Waals surface area contributed by atoms with Crippen molar-refractivity contribution in [2.24, 2.45) is 5.73 Å². The predicted octanol–water partition coefficient (Wildman–Crippen LogP) is 2.99. The molecule has 0 saturated carbocycles. The first kappa shape index (κ1) is 13.8. The molecule has 100 valence electrons. The Labute approximate surface area is 120 Å². The van der Waals surface area contributed by atoms with Crippen molar-refractivity contribution < 1.29 is 9.21 Å². The average molecular weight is 323 g/mol. The van der Waals surface area contributed by atoms with E-state index in [1.54, 1.807) is 12.1 Å². The van der Waals surface area contributed by atoms with E-state index in [9.17, 15) is 4.79 Å². The lowest BCUT2D eigenvalue weighted by atomic mass is 10.1. The molecule has 1 aromatic carbocycles. The van der Waals surface area contributed by atoms with Crippen molar-refractivity contribution in [3.05, 3.63) is 58.0 Å². The van der Waals surface area contributed by atoms with Crippen molar-refractivity contribution in [2.75, 3.05) is 0 Å². The molecule has 1 amide bonds. The van der Waals surface area contributed by atoms with Crippen molar-refractivity contribution in [3.8, 4) is 0 Å². The maximum absolute atomic E-state index is 12.0. The molecule has 2 aromatic rings. The number of hydrogen-bond acceptors (Lipinski definition) is 3. The van der Waals surface area contributed by atoms with Crippen LogP contribution in [0.5, 0.6) is 0 Å². The lowest BCUT2D eigenvalue weighted by Gasteiger charge is -2.14. The maximum atomic E-state index is 12.0. The summed E-state index contributed by atoms with van der Waals surface area (Å²) in [5.74, 6) is 0.626. The number of benzene rings is 1. The van der Waals surface area contributed by atoms with Crippen LogP contribution in [0.4, 0.5) is 0 Å². The number of carbonyl (C=O) groups is 1. The summed E-state index contributed by atoms with van der Waals surface area (Å²) < 4.78 is 6.28. The van der Waals surface area contributed by atoms with Crippen molar-refractivity contribution in [1.82, 2.24) is 5.32 Å². The van der Waals surface area contributed by atoms with E-state index in [-0.39, 0.29) is 24.3 Å². The second-order valence-electron chi connectivity index (χ2n) is 4.19. The molecular weight excluding hydrogens is 308 g/mol. The van der Waals surface area contributed by atoms with E-state index in [4.69, 9.17) is 10.2 Å². The SMILES string of the molecule is C[C@@H](NC(=O)c1ccc(CN)o1)c1ccccc1Br. The van der Waals surface area contributed by atoms with Gasteiger partial charge in [-0.2, -0.15) is 0 Å². The van der Waals surface area contributed by atoms with Crippen LogP contribution in [-0.2, 0) is 6.54 Å². The first-order valence-electron chi connectivity index (χ1n) is 5.96. The zero-order chi connectivity index (χ0) is 13.8. The van der Waals surface area contributed by atoms with E-state index in [2.05, 4.69) is 21.2 Å². The number of furan rings is 1. The molecule has 0 aliphatic rings. The Morgan fingerprint density at radius 3 is 2.74 bits per heavy atom. The summed E-state index contributed by atoms with van der Waals surface area (Å²) in [5.41, 5.74) is 6.46. The van der Waals surface area contributed by atoms with Crippen LogP contribution < -0.4 is 11.1 Å². The number of nitrogens with two attached hydrogens (primary N) is 1. The van der Waals surface area contributed by atoms with E-state index in [0.717, 1.165) is 10.0 Å². The molecular formula is C14H15BrN2O2. The molecule has 0 fully saturated rings. The number of hydrogen-bond donors (Lipinski definition) is 2. The zero-order valence-corrected chi connectivity index (χ0v) is 12.1. The smallest absolute Gasteiger partial charge is 0.287 e. The van der Waals surface area contributed by atoms with Crippen molar-refractivity contribution in [1.29, 1.82) is 0 Å². The molecule has 19 heavy (non-hydrogen) atoms. The third kappa shape index (κ3) is 3.24. The van der Waals surface area contributed by atoms with E-state index in [1.807, 2.05) is 31.2 Å². The van der Waals surface area contributed by atoms with Gasteiger partial charge < -0.3 is 15.5 Å². The topological polar surface area (TPSA) is 68.3 Å². The molecule has 3 N–H and O–H groups in total. The highest BCUT2D eigenvalue weighted by molar-refractivity contribution is 9.10. The number of rotatable bonds is 4. The van der Waals surface area contributed by atoms with E-state index in [1.165, 1.54) is 0 Å². The van der Waals surface area contributed by atoms with Gasteiger partial charge in [-0.05, 0) is 30.7 Å². The second kappa shape index (κ2) is 6.04. The highest BCUT2D eigenvalue weighted by atomic mass is 79.9. The van der Waals surface area contributed by atoms with E-state index in [0.29, 0.717) is 5.76 Å². The summed E-state index contributed by atoms with van der Waals surface area (Å²) in [6.45, 7) is 2.21. The van der Waals surface area contributed by atoms with Gasteiger partial charge in [-0.25, -0.2) is 0 Å². The molecule has 1 aromatic heterocycles. The molecule has 0 bridgehead atoms. The zero-order valence-electron chi connectivity index (χ0n) is 10.5. The van der Waals surface area contributed by atoms with Crippen LogP contribution in [0.15, 0.2) is 45.3 Å². The van der Waals surface area contributed by atoms with Crippen LogP contribution in [0.25, 0.3) is 0 Å². The molecule has 5 heteroatoms. The molecule has 0 spiro atoms. The molecule has 1 heterocycles. The van der Waals surface area contributed by atoms with Crippen molar-refractivity contribution in [2.45, 2.75) is 19.5 Å². The highest BCUT2D eigenvalue weighted by Crippen LogP contribution is 2.23. The van der Waals surface area contributed by atoms with E-state index >= 15 is 0 Å². The van der Waals surface area contributed by atoms with Gasteiger partial charge in [0.25, 0.3) is 5.91 Å². The first-order valence-corrected chi connectivity index (χ1v) is 6.75. The average Bonchev–Trinajstić information content (AvgIpc) is 2.88. The van der Waals surface area contributed by atoms with Gasteiger partial charge in [0.15, 0.2) is 5.76 Å². The number of nitrogens with one attached hydrogen (secondary N) is 1. The van der Waals surface area contributed by atoms with Gasteiger partial charge in [0.2, 0.25) is 0 Å². The normalized spacial score (nSPS) is 12.2. The minimum Gasteiger partial charge on any atom is -0.455 e. The van der Waals surface area contributed by atoms with E-state index < -0.39 is 0 Å². The molecule has 0 saturated heterocycles. The van der Waals surface area contributed by atoms with Gasteiger partial charge in [-0.1, -0.05) is 34.1 Å². The predicted molar refractivity (Wildman–Crippen MR) is 76.6 cm³/mol. The van der Waals surface area contributed by atoms with Crippen LogP contribution in [0.2, 0.25) is 0 Å². The highest BCUT2D eigenvalue weighted by Gasteiger charge is 2.15. The third-order valence-corrected chi connectivity index (χ3v) is 3.53. The van der Waals surface area contributed by atoms with Gasteiger partial charge >= 0.3 is 0 Å². The lowest BCUT2D eigenvalue weighted by Crippen LogP contribution is -2.26. The third-order valence-electron chi connectivity index (χ3n) is 2.81. The van der Waals surface area contributed by atoms with Gasteiger partial charge in [-0.15, -0.1) is 0 Å². The van der Waals surface area contributed by atoms with Crippen molar-refractivity contribution >= 4 is 21.8 Å². The Kier molecular flexibility index (Phi) is 4.39. The first-order chi connectivity index (χ1) is 9.11. The molecule has 0 aliphatic heterocycles. The number of amides is 1. The Morgan fingerprint density at radius 1 is 1.37 bits per heavy atom. The fourth-order valence-electron chi connectivity index (χ4n) is 1.78. The fourth-order valence-corrected chi connectivity index (χ4v) is 2.41. The summed E-state index contributed by atoms with van der Waals surface area (Å²) in [5, 5.41) is 2.89. The largest absolute Gasteiger partial charge is 0.455 e. The van der Waals surface area contributed by atoms with Gasteiger partial charge in [0, 0.05) is 4.47 Å². The molecule has 4 nitrogen and oxygen atoms in total. The number of halogens is 1. The molecule has 2 rings (SSSR count). The summed E-state index contributed by atoms with van der Waals surface area (Å²) in [7, 11) is 0. The Hall–Kier alpha value is -1.59. The molecule has 0 unspecified atom stereocenters. The van der Waals surface area contributed by atoms with Crippen LogP contribution in [0, 0.1) is 0 Å². The van der Waals surface area contributed by atoms with Crippen molar-refractivity contribution in [3.63, 3.8) is 0 Å². The fraction of sp³-hybridized carbons (Fsp3) is 0.214. The Morgan fingerprint density at radius 2 is 2.11 bits per heavy atom. The minimum absolute atomic E-state index is 0.116. The maximum Gasteiger partial charge on any atom is 0.287 e. The van der Waals surface area contributed by atoms with Crippen LogP contribution in [-0.4, -0.2) is 5.91 Å². The van der Waals surface area contributed by atoms with Gasteiger partial charge in [0.05, 0.1) is 12.6 Å². The van der Waals surface area contributed by atoms with Gasteiger partial charge in [-0.3, -0.25) is 4.79 Å². The Balaban J connectivity index is 2.08. The molecule has 1 atom stereocenters. The van der Waals surface area contributed by atoms with Crippen LogP contribution >= 0.6 is 15.9 Å².